The summed E-state index contributed by atoms with van der Waals surface area (Å²) in [6.45, 7) is 3.30. The molecule has 0 saturated carbocycles. The zero-order valence-corrected chi connectivity index (χ0v) is 12.0. The van der Waals surface area contributed by atoms with Crippen LogP contribution in [0.4, 0.5) is 5.69 Å². The second-order valence-corrected chi connectivity index (χ2v) is 4.95. The van der Waals surface area contributed by atoms with Crippen molar-refractivity contribution in [2.75, 3.05) is 5.32 Å². The van der Waals surface area contributed by atoms with Gasteiger partial charge in [-0.15, -0.1) is 0 Å². The Balaban J connectivity index is 2.33. The lowest BCUT2D eigenvalue weighted by molar-refractivity contribution is 0.101. The molecule has 0 aromatic heterocycles. The topological polar surface area (TPSA) is 46.2 Å². The monoisotopic (exact) mass is 287 g/mol. The van der Waals surface area contributed by atoms with Gasteiger partial charge in [-0.25, -0.2) is 0 Å². The molecule has 0 saturated heterocycles. The summed E-state index contributed by atoms with van der Waals surface area (Å²) in [5.41, 5.74) is 2.31. The van der Waals surface area contributed by atoms with Gasteiger partial charge in [-0.3, -0.25) is 9.59 Å². The normalized spacial score (nSPS) is 10.2. The lowest BCUT2D eigenvalue weighted by Crippen LogP contribution is -2.15. The number of hydrogen-bond acceptors (Lipinski definition) is 2. The number of hydrogen-bond donors (Lipinski definition) is 1. The molecule has 1 N–H and O–H groups in total. The van der Waals surface area contributed by atoms with Crippen molar-refractivity contribution in [3.05, 3.63) is 64.2 Å². The summed E-state index contributed by atoms with van der Waals surface area (Å²) in [6.07, 6.45) is 0. The Morgan fingerprint density at radius 1 is 1.05 bits per heavy atom. The molecule has 2 aromatic rings. The number of Topliss-reactive ketones (excluding diaryl/α,β-unsaturated/α-hetero) is 1. The van der Waals surface area contributed by atoms with Crippen LogP contribution in [0.1, 0.15) is 33.2 Å². The minimum atomic E-state index is -0.279. The van der Waals surface area contributed by atoms with E-state index < -0.39 is 0 Å². The maximum atomic E-state index is 12.3. The van der Waals surface area contributed by atoms with Crippen LogP contribution in [0.2, 0.25) is 5.02 Å². The van der Waals surface area contributed by atoms with Crippen LogP contribution >= 0.6 is 11.6 Å². The van der Waals surface area contributed by atoms with Crippen LogP contribution in [0.15, 0.2) is 42.5 Å². The van der Waals surface area contributed by atoms with Crippen LogP contribution < -0.4 is 5.32 Å². The second kappa shape index (κ2) is 5.88. The van der Waals surface area contributed by atoms with E-state index in [4.69, 9.17) is 11.6 Å². The van der Waals surface area contributed by atoms with Crippen molar-refractivity contribution in [1.82, 2.24) is 0 Å². The van der Waals surface area contributed by atoms with Crippen molar-refractivity contribution in [2.24, 2.45) is 0 Å². The van der Waals surface area contributed by atoms with Gasteiger partial charge in [0, 0.05) is 16.1 Å². The van der Waals surface area contributed by atoms with Crippen molar-refractivity contribution in [3.63, 3.8) is 0 Å². The van der Waals surface area contributed by atoms with E-state index in [-0.39, 0.29) is 11.7 Å². The average molecular weight is 288 g/mol. The van der Waals surface area contributed by atoms with Gasteiger partial charge in [0.2, 0.25) is 0 Å². The van der Waals surface area contributed by atoms with Crippen molar-refractivity contribution in [2.45, 2.75) is 13.8 Å². The zero-order valence-electron chi connectivity index (χ0n) is 11.2. The molecule has 0 aliphatic heterocycles. The number of rotatable bonds is 3. The number of carbonyl (C=O) groups excluding carboxylic acids is 2. The summed E-state index contributed by atoms with van der Waals surface area (Å²) >= 11 is 5.91. The van der Waals surface area contributed by atoms with Gasteiger partial charge < -0.3 is 5.32 Å². The summed E-state index contributed by atoms with van der Waals surface area (Å²) in [6, 6.07) is 12.1. The molecule has 3 nitrogen and oxygen atoms in total. The van der Waals surface area contributed by atoms with Gasteiger partial charge in [-0.1, -0.05) is 29.8 Å². The van der Waals surface area contributed by atoms with Gasteiger partial charge in [-0.2, -0.15) is 0 Å². The van der Waals surface area contributed by atoms with E-state index in [9.17, 15) is 9.59 Å². The molecule has 0 atom stereocenters. The molecular weight excluding hydrogens is 274 g/mol. The Kier molecular flexibility index (Phi) is 4.20. The van der Waals surface area contributed by atoms with E-state index in [2.05, 4.69) is 5.32 Å². The summed E-state index contributed by atoms with van der Waals surface area (Å²) in [5.74, 6) is -0.373. The number of benzene rings is 2. The number of aryl methyl sites for hydroxylation is 1. The molecule has 0 unspecified atom stereocenters. The average Bonchev–Trinajstić information content (AvgIpc) is 2.41. The predicted octanol–water partition coefficient (Wildman–Crippen LogP) is 4.10. The fraction of sp³-hybridized carbons (Fsp3) is 0.125. The van der Waals surface area contributed by atoms with Crippen LogP contribution in [0, 0.1) is 6.92 Å². The molecule has 2 rings (SSSR count). The lowest BCUT2D eigenvalue weighted by atomic mass is 10.1. The van der Waals surface area contributed by atoms with E-state index >= 15 is 0 Å². The molecule has 102 valence electrons. The molecular formula is C16H14ClNO2. The number of carbonyl (C=O) groups is 2. The van der Waals surface area contributed by atoms with Gasteiger partial charge in [-0.05, 0) is 43.7 Å². The van der Waals surface area contributed by atoms with Crippen molar-refractivity contribution < 1.29 is 9.59 Å². The van der Waals surface area contributed by atoms with Crippen molar-refractivity contribution in [3.8, 4) is 0 Å². The van der Waals surface area contributed by atoms with Crippen LogP contribution in [0.3, 0.4) is 0 Å². The predicted molar refractivity (Wildman–Crippen MR) is 80.6 cm³/mol. The quantitative estimate of drug-likeness (QED) is 0.864. The maximum Gasteiger partial charge on any atom is 0.256 e. The fourth-order valence-corrected chi connectivity index (χ4v) is 2.10. The molecule has 0 radical (unpaired) electrons. The number of halogens is 1. The summed E-state index contributed by atoms with van der Waals surface area (Å²) < 4.78 is 0. The highest BCUT2D eigenvalue weighted by molar-refractivity contribution is 6.31. The fourth-order valence-electron chi connectivity index (χ4n) is 1.93. The number of amides is 1. The summed E-state index contributed by atoms with van der Waals surface area (Å²) in [7, 11) is 0. The molecule has 0 aliphatic carbocycles. The molecule has 20 heavy (non-hydrogen) atoms. The first-order valence-corrected chi connectivity index (χ1v) is 6.54. The molecule has 0 bridgehead atoms. The Bertz CT molecular complexity index is 680. The minimum absolute atomic E-state index is 0.0938. The van der Waals surface area contributed by atoms with Crippen LogP contribution in [-0.2, 0) is 0 Å². The smallest absolute Gasteiger partial charge is 0.256 e. The van der Waals surface area contributed by atoms with Gasteiger partial charge >= 0.3 is 0 Å². The molecule has 1 amide bonds. The van der Waals surface area contributed by atoms with Gasteiger partial charge in [0.1, 0.15) is 0 Å². The number of ketones is 1. The van der Waals surface area contributed by atoms with Gasteiger partial charge in [0.05, 0.1) is 5.69 Å². The van der Waals surface area contributed by atoms with Crippen LogP contribution in [0.5, 0.6) is 0 Å². The van der Waals surface area contributed by atoms with E-state index in [1.165, 1.54) is 6.92 Å². The SMILES string of the molecule is CC(=O)c1ccccc1NC(=O)c1cc(Cl)ccc1C. The number of nitrogens with one attached hydrogen (secondary N) is 1. The third-order valence-corrected chi connectivity index (χ3v) is 3.23. The summed E-state index contributed by atoms with van der Waals surface area (Å²) in [4.78, 5) is 23.8. The molecule has 0 spiro atoms. The largest absolute Gasteiger partial charge is 0.321 e. The number of para-hydroxylation sites is 1. The van der Waals surface area contributed by atoms with E-state index in [0.29, 0.717) is 21.8 Å². The van der Waals surface area contributed by atoms with E-state index in [1.807, 2.05) is 6.92 Å². The zero-order chi connectivity index (χ0) is 14.7. The Morgan fingerprint density at radius 3 is 2.45 bits per heavy atom. The lowest BCUT2D eigenvalue weighted by Gasteiger charge is -2.10. The Morgan fingerprint density at radius 2 is 1.75 bits per heavy atom. The first kappa shape index (κ1) is 14.3. The molecule has 0 fully saturated rings. The van der Waals surface area contributed by atoms with Crippen molar-refractivity contribution in [1.29, 1.82) is 0 Å². The van der Waals surface area contributed by atoms with E-state index in [1.54, 1.807) is 42.5 Å². The Hall–Kier alpha value is -2.13. The highest BCUT2D eigenvalue weighted by atomic mass is 35.5. The molecule has 2 aromatic carbocycles. The van der Waals surface area contributed by atoms with Crippen molar-refractivity contribution >= 4 is 29.0 Å². The molecule has 0 aliphatic rings. The highest BCUT2D eigenvalue weighted by Gasteiger charge is 2.13. The number of anilines is 1. The maximum absolute atomic E-state index is 12.3. The Labute approximate surface area is 122 Å². The highest BCUT2D eigenvalue weighted by Crippen LogP contribution is 2.20. The first-order valence-electron chi connectivity index (χ1n) is 6.16. The first-order chi connectivity index (χ1) is 9.49. The summed E-state index contributed by atoms with van der Waals surface area (Å²) in [5, 5.41) is 3.26. The van der Waals surface area contributed by atoms with Crippen LogP contribution in [-0.4, -0.2) is 11.7 Å². The van der Waals surface area contributed by atoms with Gasteiger partial charge in [0.15, 0.2) is 5.78 Å². The van der Waals surface area contributed by atoms with E-state index in [0.717, 1.165) is 5.56 Å². The third kappa shape index (κ3) is 3.06. The molecule has 4 heteroatoms. The second-order valence-electron chi connectivity index (χ2n) is 4.52. The van der Waals surface area contributed by atoms with Crippen LogP contribution in [0.25, 0.3) is 0 Å². The third-order valence-electron chi connectivity index (χ3n) is 3.00. The molecule has 0 heterocycles. The standard InChI is InChI=1S/C16H14ClNO2/c1-10-7-8-12(17)9-14(10)16(20)18-15-6-4-3-5-13(15)11(2)19/h3-9H,1-2H3,(H,18,20). The van der Waals surface area contributed by atoms with Gasteiger partial charge in [0.25, 0.3) is 5.91 Å². The minimum Gasteiger partial charge on any atom is -0.321 e.